The molecule has 1 aromatic heterocycles. The van der Waals surface area contributed by atoms with Crippen molar-refractivity contribution in [2.45, 2.75) is 25.7 Å². The van der Waals surface area contributed by atoms with E-state index in [0.29, 0.717) is 5.56 Å². The van der Waals surface area contributed by atoms with Crippen molar-refractivity contribution in [2.24, 2.45) is 0 Å². The number of sulfonamides is 1. The Morgan fingerprint density at radius 1 is 1.19 bits per heavy atom. The molecule has 1 heterocycles. The highest BCUT2D eigenvalue weighted by Gasteiger charge is 2.19. The second kappa shape index (κ2) is 9.13. The number of allylic oxidation sites excluding steroid dienone is 1. The van der Waals surface area contributed by atoms with E-state index in [1.807, 2.05) is 6.92 Å². The maximum atomic E-state index is 12.6. The van der Waals surface area contributed by atoms with Gasteiger partial charge in [0.1, 0.15) is 19.5 Å². The summed E-state index contributed by atoms with van der Waals surface area (Å²) in [5, 5.41) is 0. The van der Waals surface area contributed by atoms with Crippen molar-refractivity contribution in [1.82, 2.24) is 9.97 Å². The number of nitrogens with zero attached hydrogens (tertiary/aromatic N) is 2. The van der Waals surface area contributed by atoms with Crippen molar-refractivity contribution in [3.8, 4) is 5.88 Å². The number of anilines is 1. The highest BCUT2D eigenvalue weighted by Crippen LogP contribution is 2.26. The van der Waals surface area contributed by atoms with Crippen LogP contribution in [0.1, 0.15) is 25.0 Å². The van der Waals surface area contributed by atoms with Gasteiger partial charge in [0.15, 0.2) is 5.82 Å². The van der Waals surface area contributed by atoms with E-state index in [-0.39, 0.29) is 29.8 Å². The molecule has 0 aliphatic heterocycles. The van der Waals surface area contributed by atoms with Crippen molar-refractivity contribution in [2.75, 3.05) is 17.9 Å². The normalized spacial score (nSPS) is 11.4. The number of aromatic nitrogens is 2. The molecule has 0 unspecified atom stereocenters. The lowest BCUT2D eigenvalue weighted by Crippen LogP contribution is -2.16. The minimum absolute atomic E-state index is 0.0546. The summed E-state index contributed by atoms with van der Waals surface area (Å²) in [5.74, 6) is -0.149. The molecule has 0 bridgehead atoms. The van der Waals surface area contributed by atoms with Crippen LogP contribution in [0.15, 0.2) is 41.6 Å². The lowest BCUT2D eigenvalue weighted by atomic mass is 10.2. The zero-order valence-electron chi connectivity index (χ0n) is 15.3. The number of hydrogen-bond donors (Lipinski definition) is 1. The molecule has 0 spiro atoms. The van der Waals surface area contributed by atoms with Crippen LogP contribution in [0.5, 0.6) is 5.88 Å². The first kappa shape index (κ1) is 20.4. The van der Waals surface area contributed by atoms with Gasteiger partial charge in [0, 0.05) is 6.92 Å². The van der Waals surface area contributed by atoms with Crippen molar-refractivity contribution >= 4 is 27.9 Å². The molecule has 0 radical (unpaired) electrons. The summed E-state index contributed by atoms with van der Waals surface area (Å²) in [5.41, 5.74) is 1.33. The maximum Gasteiger partial charge on any atom is 0.302 e. The number of ether oxygens (including phenoxy) is 2. The molecular formula is C18H21N3O5S. The Balaban J connectivity index is 2.26. The summed E-state index contributed by atoms with van der Waals surface area (Å²) < 4.78 is 38.0. The van der Waals surface area contributed by atoms with E-state index in [1.165, 1.54) is 25.4 Å². The third-order valence-corrected chi connectivity index (χ3v) is 4.73. The second-order valence-electron chi connectivity index (χ2n) is 5.55. The van der Waals surface area contributed by atoms with E-state index < -0.39 is 16.0 Å². The van der Waals surface area contributed by atoms with Gasteiger partial charge in [-0.15, -0.1) is 0 Å². The van der Waals surface area contributed by atoms with Gasteiger partial charge in [-0.1, -0.05) is 29.8 Å². The summed E-state index contributed by atoms with van der Waals surface area (Å²) in [6.07, 6.45) is 4.54. The molecule has 144 valence electrons. The summed E-state index contributed by atoms with van der Waals surface area (Å²) in [4.78, 5) is 19.0. The molecule has 0 atom stereocenters. The molecule has 0 amide bonds. The topological polar surface area (TPSA) is 107 Å². The fourth-order valence-corrected chi connectivity index (χ4v) is 3.15. The third kappa shape index (κ3) is 5.78. The molecule has 9 heteroatoms. The smallest absolute Gasteiger partial charge is 0.302 e. The fraction of sp³-hybridized carbons (Fsp3) is 0.278. The Hall–Kier alpha value is -2.94. The van der Waals surface area contributed by atoms with Crippen molar-refractivity contribution < 1.29 is 22.7 Å². The van der Waals surface area contributed by atoms with E-state index in [4.69, 9.17) is 9.47 Å². The molecule has 27 heavy (non-hydrogen) atoms. The van der Waals surface area contributed by atoms with Crippen molar-refractivity contribution in [3.63, 3.8) is 0 Å². The van der Waals surface area contributed by atoms with E-state index in [0.717, 1.165) is 5.56 Å². The Bertz CT molecular complexity index is 925. The third-order valence-electron chi connectivity index (χ3n) is 3.37. The predicted octanol–water partition coefficient (Wildman–Crippen LogP) is 2.56. The van der Waals surface area contributed by atoms with Gasteiger partial charge < -0.3 is 9.47 Å². The Kier molecular flexibility index (Phi) is 6.89. The predicted molar refractivity (Wildman–Crippen MR) is 101 cm³/mol. The average Bonchev–Trinajstić information content (AvgIpc) is 2.61. The molecule has 8 nitrogen and oxygen atoms in total. The SMILES string of the molecule is C/C=C\c1c(NS(=O)(=O)c2ccc(C)cc2)ncnc1OCCOC(C)=O. The molecule has 0 saturated heterocycles. The molecule has 2 rings (SSSR count). The van der Waals surface area contributed by atoms with Gasteiger partial charge in [0.2, 0.25) is 5.88 Å². The van der Waals surface area contributed by atoms with Crippen LogP contribution in [0, 0.1) is 6.92 Å². The first-order valence-electron chi connectivity index (χ1n) is 8.17. The van der Waals surface area contributed by atoms with Crippen LogP contribution >= 0.6 is 0 Å². The van der Waals surface area contributed by atoms with Crippen LogP contribution in [0.25, 0.3) is 6.08 Å². The highest BCUT2D eigenvalue weighted by molar-refractivity contribution is 7.92. The van der Waals surface area contributed by atoms with Crippen molar-refractivity contribution in [1.29, 1.82) is 0 Å². The number of carbonyl (C=O) groups excluding carboxylic acids is 1. The summed E-state index contributed by atoms with van der Waals surface area (Å²) >= 11 is 0. The lowest BCUT2D eigenvalue weighted by molar-refractivity contribution is -0.141. The number of rotatable bonds is 8. The van der Waals surface area contributed by atoms with Crippen LogP contribution in [0.3, 0.4) is 0 Å². The number of esters is 1. The minimum atomic E-state index is -3.82. The Morgan fingerprint density at radius 2 is 1.89 bits per heavy atom. The minimum Gasteiger partial charge on any atom is -0.473 e. The second-order valence-corrected chi connectivity index (χ2v) is 7.23. The fourth-order valence-electron chi connectivity index (χ4n) is 2.12. The molecule has 0 aliphatic rings. The van der Waals surface area contributed by atoms with Crippen LogP contribution in [0.2, 0.25) is 0 Å². The molecule has 0 fully saturated rings. The van der Waals surface area contributed by atoms with E-state index in [9.17, 15) is 13.2 Å². The van der Waals surface area contributed by atoms with Crippen LogP contribution in [0.4, 0.5) is 5.82 Å². The quantitative estimate of drug-likeness (QED) is 0.544. The maximum absolute atomic E-state index is 12.6. The Morgan fingerprint density at radius 3 is 2.52 bits per heavy atom. The van der Waals surface area contributed by atoms with Gasteiger partial charge in [0.25, 0.3) is 10.0 Å². The van der Waals surface area contributed by atoms with E-state index >= 15 is 0 Å². The van der Waals surface area contributed by atoms with Gasteiger partial charge in [-0.3, -0.25) is 9.52 Å². The number of nitrogens with one attached hydrogen (secondary N) is 1. The first-order chi connectivity index (χ1) is 12.8. The zero-order valence-corrected chi connectivity index (χ0v) is 16.1. The number of carbonyl (C=O) groups is 1. The summed E-state index contributed by atoms with van der Waals surface area (Å²) in [7, 11) is -3.82. The van der Waals surface area contributed by atoms with Gasteiger partial charge >= 0.3 is 5.97 Å². The molecule has 0 saturated carbocycles. The molecule has 2 aromatic rings. The van der Waals surface area contributed by atoms with Crippen molar-refractivity contribution in [3.05, 3.63) is 47.8 Å². The molecule has 0 aliphatic carbocycles. The van der Waals surface area contributed by atoms with Crippen LogP contribution < -0.4 is 9.46 Å². The zero-order chi connectivity index (χ0) is 19.9. The largest absolute Gasteiger partial charge is 0.473 e. The highest BCUT2D eigenvalue weighted by atomic mass is 32.2. The van der Waals surface area contributed by atoms with Gasteiger partial charge in [-0.05, 0) is 26.0 Å². The number of benzene rings is 1. The lowest BCUT2D eigenvalue weighted by Gasteiger charge is -2.13. The van der Waals surface area contributed by atoms with Crippen LogP contribution in [-0.2, 0) is 19.6 Å². The summed E-state index contributed by atoms with van der Waals surface area (Å²) in [6.45, 7) is 5.07. The standard InChI is InChI=1S/C18H21N3O5S/c1-4-5-16-17(19-12-20-18(16)26-11-10-25-14(3)22)21-27(23,24)15-8-6-13(2)7-9-15/h4-9,12H,10-11H2,1-3H3,(H,19,20,21)/b5-4-. The van der Waals surface area contributed by atoms with E-state index in [2.05, 4.69) is 14.7 Å². The summed E-state index contributed by atoms with van der Waals surface area (Å²) in [6, 6.07) is 6.46. The monoisotopic (exact) mass is 391 g/mol. The molecular weight excluding hydrogens is 370 g/mol. The number of aryl methyl sites for hydroxylation is 1. The van der Waals surface area contributed by atoms with E-state index in [1.54, 1.807) is 31.2 Å². The van der Waals surface area contributed by atoms with Gasteiger partial charge in [-0.25, -0.2) is 18.4 Å². The van der Waals surface area contributed by atoms with Gasteiger partial charge in [0.05, 0.1) is 10.5 Å². The molecule has 1 N–H and O–H groups in total. The Labute approximate surface area is 158 Å². The van der Waals surface area contributed by atoms with Gasteiger partial charge in [-0.2, -0.15) is 0 Å². The van der Waals surface area contributed by atoms with Crippen LogP contribution in [-0.4, -0.2) is 37.6 Å². The first-order valence-corrected chi connectivity index (χ1v) is 9.65. The number of hydrogen-bond acceptors (Lipinski definition) is 7. The molecule has 1 aromatic carbocycles. The average molecular weight is 391 g/mol.